The monoisotopic (exact) mass is 411 g/mol. The molecule has 0 radical (unpaired) electrons. The number of morpholine rings is 1. The first-order valence-electron chi connectivity index (χ1n) is 9.61. The maximum atomic E-state index is 13.1. The van der Waals surface area contributed by atoms with Crippen molar-refractivity contribution in [1.29, 1.82) is 0 Å². The maximum Gasteiger partial charge on any atom is 0.254 e. The number of benzene rings is 2. The highest BCUT2D eigenvalue weighted by Crippen LogP contribution is 2.26. The van der Waals surface area contributed by atoms with E-state index in [0.29, 0.717) is 17.9 Å². The van der Waals surface area contributed by atoms with Crippen LogP contribution in [0.15, 0.2) is 54.7 Å². The number of nitrogens with one attached hydrogen (secondary N) is 1. The molecule has 2 amide bonds. The van der Waals surface area contributed by atoms with Crippen molar-refractivity contribution in [2.45, 2.75) is 12.0 Å². The summed E-state index contributed by atoms with van der Waals surface area (Å²) in [6.45, 7) is 0.794. The lowest BCUT2D eigenvalue weighted by atomic mass is 9.97. The highest BCUT2D eigenvalue weighted by Gasteiger charge is 2.41. The Bertz CT molecular complexity index is 1070. The van der Waals surface area contributed by atoms with Crippen LogP contribution in [-0.2, 0) is 9.53 Å². The Hall–Kier alpha value is -3.39. The zero-order valence-corrected chi connectivity index (χ0v) is 16.3. The molecule has 1 aliphatic rings. The average molecular weight is 411 g/mol. The number of primary amides is 1. The summed E-state index contributed by atoms with van der Waals surface area (Å²) in [7, 11) is 0. The number of rotatable bonds is 6. The first kappa shape index (κ1) is 19.9. The van der Waals surface area contributed by atoms with E-state index in [1.165, 1.54) is 24.3 Å². The van der Waals surface area contributed by atoms with E-state index in [-0.39, 0.29) is 37.9 Å². The van der Waals surface area contributed by atoms with Crippen molar-refractivity contribution in [3.8, 4) is 5.75 Å². The number of carbonyl (C=O) groups excluding carboxylic acids is 2. The standard InChI is InChI=1S/C22H22FN3O4/c23-17-2-4-18(5-3-17)29-14-22(12-20(24)27)13-26(9-10-30-22)21(28)16-1-6-19-15(11-16)7-8-25-19/h1-8,11,25H,9-10,12-14H2,(H2,24,27)/t22-/m1/s1. The van der Waals surface area contributed by atoms with Gasteiger partial charge in [0.1, 0.15) is 23.8 Å². The maximum absolute atomic E-state index is 13.1. The molecule has 30 heavy (non-hydrogen) atoms. The second-order valence-corrected chi connectivity index (χ2v) is 7.42. The van der Waals surface area contributed by atoms with Crippen LogP contribution in [0.1, 0.15) is 16.8 Å². The summed E-state index contributed by atoms with van der Waals surface area (Å²) >= 11 is 0. The molecule has 3 N–H and O–H groups in total. The van der Waals surface area contributed by atoms with Crippen LogP contribution >= 0.6 is 0 Å². The molecule has 1 saturated heterocycles. The molecule has 0 unspecified atom stereocenters. The first-order valence-corrected chi connectivity index (χ1v) is 9.61. The van der Waals surface area contributed by atoms with E-state index in [2.05, 4.69) is 4.98 Å². The van der Waals surface area contributed by atoms with Gasteiger partial charge in [-0.3, -0.25) is 9.59 Å². The van der Waals surface area contributed by atoms with Crippen molar-refractivity contribution in [3.63, 3.8) is 0 Å². The van der Waals surface area contributed by atoms with Gasteiger partial charge in [0.2, 0.25) is 5.91 Å². The number of aromatic amines is 1. The van der Waals surface area contributed by atoms with E-state index < -0.39 is 11.5 Å². The Balaban J connectivity index is 1.52. The number of nitrogens with zero attached hydrogens (tertiary/aromatic N) is 1. The Labute approximate surface area is 172 Å². The molecule has 0 saturated carbocycles. The van der Waals surface area contributed by atoms with Gasteiger partial charge in [-0.05, 0) is 48.5 Å². The Morgan fingerprint density at radius 1 is 1.20 bits per heavy atom. The molecule has 1 fully saturated rings. The minimum atomic E-state index is -1.08. The lowest BCUT2D eigenvalue weighted by molar-refractivity contribution is -0.142. The molecule has 1 aromatic heterocycles. The second kappa shape index (κ2) is 8.16. The number of H-pyrrole nitrogens is 1. The topological polar surface area (TPSA) is 97.7 Å². The van der Waals surface area contributed by atoms with E-state index in [9.17, 15) is 14.0 Å². The van der Waals surface area contributed by atoms with E-state index in [0.717, 1.165) is 10.9 Å². The molecule has 2 heterocycles. The summed E-state index contributed by atoms with van der Waals surface area (Å²) in [5.74, 6) is -0.651. The molecule has 3 aromatic rings. The molecule has 2 aromatic carbocycles. The Kier molecular flexibility index (Phi) is 5.41. The Morgan fingerprint density at radius 2 is 2.00 bits per heavy atom. The van der Waals surface area contributed by atoms with E-state index in [1.807, 2.05) is 24.4 Å². The lowest BCUT2D eigenvalue weighted by Gasteiger charge is -2.42. The van der Waals surface area contributed by atoms with Crippen LogP contribution in [0.4, 0.5) is 4.39 Å². The SMILES string of the molecule is NC(=O)C[C@]1(COc2ccc(F)cc2)CN(C(=O)c2ccc3[nH]ccc3c2)CCO1. The zero-order chi connectivity index (χ0) is 21.1. The molecule has 0 aliphatic carbocycles. The van der Waals surface area contributed by atoms with E-state index in [4.69, 9.17) is 15.2 Å². The van der Waals surface area contributed by atoms with Gasteiger partial charge < -0.3 is 25.1 Å². The van der Waals surface area contributed by atoms with Gasteiger partial charge in [0, 0.05) is 29.2 Å². The van der Waals surface area contributed by atoms with Gasteiger partial charge in [-0.1, -0.05) is 0 Å². The largest absolute Gasteiger partial charge is 0.490 e. The number of halogens is 1. The molecule has 0 bridgehead atoms. The highest BCUT2D eigenvalue weighted by atomic mass is 19.1. The first-order chi connectivity index (χ1) is 14.4. The third-order valence-electron chi connectivity index (χ3n) is 5.15. The third kappa shape index (κ3) is 4.28. The van der Waals surface area contributed by atoms with E-state index in [1.54, 1.807) is 11.0 Å². The molecule has 4 rings (SSSR count). The van der Waals surface area contributed by atoms with Gasteiger partial charge in [0.25, 0.3) is 5.91 Å². The van der Waals surface area contributed by atoms with Crippen molar-refractivity contribution in [2.24, 2.45) is 5.73 Å². The molecule has 1 atom stereocenters. The number of nitrogens with two attached hydrogens (primary N) is 1. The number of ether oxygens (including phenoxy) is 2. The molecular weight excluding hydrogens is 389 g/mol. The van der Waals surface area contributed by atoms with Gasteiger partial charge in [-0.25, -0.2) is 4.39 Å². The van der Waals surface area contributed by atoms with Crippen molar-refractivity contribution >= 4 is 22.7 Å². The summed E-state index contributed by atoms with van der Waals surface area (Å²) in [6, 6.07) is 12.9. The number of fused-ring (bicyclic) bond motifs is 1. The number of carbonyl (C=O) groups is 2. The minimum Gasteiger partial charge on any atom is -0.490 e. The number of hydrogen-bond donors (Lipinski definition) is 2. The van der Waals surface area contributed by atoms with Crippen molar-refractivity contribution < 1.29 is 23.5 Å². The van der Waals surface area contributed by atoms with Crippen LogP contribution in [0.5, 0.6) is 5.75 Å². The van der Waals surface area contributed by atoms with E-state index >= 15 is 0 Å². The molecule has 7 nitrogen and oxygen atoms in total. The lowest BCUT2D eigenvalue weighted by Crippen LogP contribution is -2.58. The number of aromatic nitrogens is 1. The fraction of sp³-hybridized carbons (Fsp3) is 0.273. The average Bonchev–Trinajstić information content (AvgIpc) is 3.20. The van der Waals surface area contributed by atoms with Crippen LogP contribution in [0.2, 0.25) is 0 Å². The summed E-state index contributed by atoms with van der Waals surface area (Å²) in [5, 5.41) is 0.942. The third-order valence-corrected chi connectivity index (χ3v) is 5.15. The van der Waals surface area contributed by atoms with Gasteiger partial charge in [-0.2, -0.15) is 0 Å². The highest BCUT2D eigenvalue weighted by molar-refractivity contribution is 5.98. The van der Waals surface area contributed by atoms with Crippen LogP contribution in [0.25, 0.3) is 10.9 Å². The molecule has 8 heteroatoms. The molecule has 156 valence electrons. The fourth-order valence-electron chi connectivity index (χ4n) is 3.70. The number of hydrogen-bond acceptors (Lipinski definition) is 4. The smallest absolute Gasteiger partial charge is 0.254 e. The van der Waals surface area contributed by atoms with Crippen LogP contribution in [0.3, 0.4) is 0 Å². The molecular formula is C22H22FN3O4. The van der Waals surface area contributed by atoms with Crippen molar-refractivity contribution in [3.05, 3.63) is 66.1 Å². The second-order valence-electron chi connectivity index (χ2n) is 7.42. The Morgan fingerprint density at radius 3 is 2.77 bits per heavy atom. The van der Waals surface area contributed by atoms with Gasteiger partial charge >= 0.3 is 0 Å². The van der Waals surface area contributed by atoms with Gasteiger partial charge in [0.15, 0.2) is 0 Å². The molecule has 1 aliphatic heterocycles. The van der Waals surface area contributed by atoms with Crippen LogP contribution < -0.4 is 10.5 Å². The quantitative estimate of drug-likeness (QED) is 0.651. The fourth-order valence-corrected chi connectivity index (χ4v) is 3.70. The van der Waals surface area contributed by atoms with Crippen molar-refractivity contribution in [2.75, 3.05) is 26.3 Å². The summed E-state index contributed by atoms with van der Waals surface area (Å²) in [4.78, 5) is 29.6. The predicted molar refractivity (Wildman–Crippen MR) is 109 cm³/mol. The predicted octanol–water partition coefficient (Wildman–Crippen LogP) is 2.47. The minimum absolute atomic E-state index is 0.00218. The molecule has 0 spiro atoms. The number of amides is 2. The normalized spacial score (nSPS) is 19.0. The van der Waals surface area contributed by atoms with Gasteiger partial charge in [-0.15, -0.1) is 0 Å². The van der Waals surface area contributed by atoms with Crippen LogP contribution in [-0.4, -0.2) is 53.6 Å². The summed E-state index contributed by atoms with van der Waals surface area (Å²) < 4.78 is 24.8. The summed E-state index contributed by atoms with van der Waals surface area (Å²) in [6.07, 6.45) is 1.72. The van der Waals surface area contributed by atoms with Crippen molar-refractivity contribution in [1.82, 2.24) is 9.88 Å². The van der Waals surface area contributed by atoms with Gasteiger partial charge in [0.05, 0.1) is 19.6 Å². The van der Waals surface area contributed by atoms with Crippen LogP contribution in [0, 0.1) is 5.82 Å². The zero-order valence-electron chi connectivity index (χ0n) is 16.3. The summed E-state index contributed by atoms with van der Waals surface area (Å²) in [5.41, 5.74) is 5.87.